The van der Waals surface area contributed by atoms with Crippen LogP contribution in [0.2, 0.25) is 0 Å². The zero-order valence-corrected chi connectivity index (χ0v) is 14.2. The highest BCUT2D eigenvalue weighted by Crippen LogP contribution is 2.35. The average molecular weight is 306 g/mol. The average Bonchev–Trinajstić information content (AvgIpc) is 2.98. The van der Waals surface area contributed by atoms with Gasteiger partial charge in [-0.05, 0) is 40.5 Å². The molecule has 0 spiro atoms. The molecule has 1 radical (unpaired) electrons. The van der Waals surface area contributed by atoms with Crippen molar-refractivity contribution in [3.05, 3.63) is 0 Å². The van der Waals surface area contributed by atoms with Crippen LogP contribution in [0.4, 0.5) is 0 Å². The molecule has 1 aliphatic carbocycles. The molecular weight excluding hydrogens is 278 g/mol. The molecule has 1 N–H and O–H groups in total. The molecule has 0 aromatic carbocycles. The molecule has 1 saturated carbocycles. The monoisotopic (exact) mass is 306 g/mol. The first kappa shape index (κ1) is 15.7. The van der Waals surface area contributed by atoms with Crippen LogP contribution in [0.3, 0.4) is 0 Å². The Morgan fingerprint density at radius 3 is 2.45 bits per heavy atom. The topological polar surface area (TPSA) is 63.1 Å². The highest BCUT2D eigenvalue weighted by Gasteiger charge is 2.51. The fourth-order valence-corrected chi connectivity index (χ4v) is 3.79. The summed E-state index contributed by atoms with van der Waals surface area (Å²) in [6, 6.07) is 0.415. The zero-order valence-electron chi connectivity index (χ0n) is 14.2. The normalized spacial score (nSPS) is 30.7. The molecule has 2 heterocycles. The van der Waals surface area contributed by atoms with Crippen LogP contribution in [0, 0.1) is 0 Å². The number of aliphatic imine (C=N–C) groups is 2. The minimum absolute atomic E-state index is 0.415. The van der Waals surface area contributed by atoms with Crippen LogP contribution in [0.1, 0.15) is 59.8 Å². The van der Waals surface area contributed by atoms with E-state index in [0.717, 1.165) is 29.9 Å². The van der Waals surface area contributed by atoms with E-state index in [2.05, 4.69) is 10.2 Å². The summed E-state index contributed by atoms with van der Waals surface area (Å²) in [7, 11) is 0. The van der Waals surface area contributed by atoms with Gasteiger partial charge in [0, 0.05) is 13.1 Å². The van der Waals surface area contributed by atoms with Crippen molar-refractivity contribution in [1.29, 1.82) is 0 Å². The van der Waals surface area contributed by atoms with E-state index < -0.39 is 11.2 Å². The number of nitrogens with one attached hydrogen (secondary N) is 1. The Labute approximate surface area is 133 Å². The molecule has 1 saturated heterocycles. The van der Waals surface area contributed by atoms with Gasteiger partial charge in [0.25, 0.3) is 0 Å². The van der Waals surface area contributed by atoms with Gasteiger partial charge in [0.2, 0.25) is 0 Å². The lowest BCUT2D eigenvalue weighted by Gasteiger charge is -2.33. The van der Waals surface area contributed by atoms with Gasteiger partial charge in [-0.25, -0.2) is 9.98 Å². The predicted molar refractivity (Wildman–Crippen MR) is 87.1 cm³/mol. The van der Waals surface area contributed by atoms with Crippen molar-refractivity contribution in [1.82, 2.24) is 15.3 Å². The van der Waals surface area contributed by atoms with Gasteiger partial charge in [-0.1, -0.05) is 19.3 Å². The summed E-state index contributed by atoms with van der Waals surface area (Å²) in [5.74, 6) is 1.75. The summed E-state index contributed by atoms with van der Waals surface area (Å²) in [5, 5.41) is 17.0. The molecule has 0 unspecified atom stereocenters. The van der Waals surface area contributed by atoms with Crippen LogP contribution in [0.15, 0.2) is 9.98 Å². The van der Waals surface area contributed by atoms with Crippen molar-refractivity contribution >= 4 is 11.8 Å². The molecule has 0 atom stereocenters. The number of nitrogens with zero attached hydrogens (tertiary/aromatic N) is 4. The zero-order chi connectivity index (χ0) is 16.0. The Balaban J connectivity index is 1.85. The number of hydroxylamine groups is 2. The first-order chi connectivity index (χ1) is 10.3. The van der Waals surface area contributed by atoms with E-state index in [9.17, 15) is 5.21 Å². The molecule has 0 bridgehead atoms. The second kappa shape index (κ2) is 5.49. The van der Waals surface area contributed by atoms with E-state index >= 15 is 0 Å². The summed E-state index contributed by atoms with van der Waals surface area (Å²) >= 11 is 0. The lowest BCUT2D eigenvalue weighted by atomic mass is 9.96. The number of amidine groups is 1. The van der Waals surface area contributed by atoms with Crippen LogP contribution in [0.25, 0.3) is 0 Å². The molecule has 3 rings (SSSR count). The molecule has 22 heavy (non-hydrogen) atoms. The summed E-state index contributed by atoms with van der Waals surface area (Å²) < 4.78 is 0. The van der Waals surface area contributed by atoms with Crippen molar-refractivity contribution < 1.29 is 5.21 Å². The van der Waals surface area contributed by atoms with Gasteiger partial charge >= 0.3 is 0 Å². The van der Waals surface area contributed by atoms with E-state index in [1.54, 1.807) is 0 Å². The van der Waals surface area contributed by atoms with Crippen LogP contribution in [0.5, 0.6) is 0 Å². The minimum atomic E-state index is -0.711. The lowest BCUT2D eigenvalue weighted by molar-refractivity contribution is -0.241. The van der Waals surface area contributed by atoms with Crippen molar-refractivity contribution in [3.8, 4) is 0 Å². The van der Waals surface area contributed by atoms with Gasteiger partial charge in [0.15, 0.2) is 5.96 Å². The second-order valence-electron chi connectivity index (χ2n) is 7.61. The standard InChI is InChI=1S/C16H28N5O/c1-15(2)13(19-16(3,4)21(15)22)20-11-10-17-14(20)18-12-8-6-5-7-9-12/h12H,5-11H2,1-4H3,(H,17,18). The Morgan fingerprint density at radius 2 is 1.86 bits per heavy atom. The first-order valence-corrected chi connectivity index (χ1v) is 8.49. The fourth-order valence-electron chi connectivity index (χ4n) is 3.79. The predicted octanol–water partition coefficient (Wildman–Crippen LogP) is 2.15. The third-order valence-corrected chi connectivity index (χ3v) is 4.94. The van der Waals surface area contributed by atoms with E-state index in [-0.39, 0.29) is 0 Å². The van der Waals surface area contributed by atoms with E-state index in [1.165, 1.54) is 32.1 Å². The van der Waals surface area contributed by atoms with Crippen molar-refractivity contribution in [2.24, 2.45) is 9.98 Å². The smallest absolute Gasteiger partial charge is 0.199 e. The number of guanidine groups is 1. The van der Waals surface area contributed by atoms with Crippen LogP contribution >= 0.6 is 0 Å². The quantitative estimate of drug-likeness (QED) is 0.807. The first-order valence-electron chi connectivity index (χ1n) is 8.49. The molecule has 6 nitrogen and oxygen atoms in total. The molecular formula is C16H28N5O. The van der Waals surface area contributed by atoms with Crippen LogP contribution < -0.4 is 5.32 Å². The maximum atomic E-state index is 12.5. The maximum Gasteiger partial charge on any atom is 0.199 e. The molecule has 3 aliphatic rings. The number of hydrogen-bond acceptors (Lipinski definition) is 3. The fraction of sp³-hybridized carbons (Fsp3) is 0.875. The van der Waals surface area contributed by atoms with E-state index in [4.69, 9.17) is 9.98 Å². The molecule has 0 amide bonds. The molecule has 2 fully saturated rings. The molecule has 0 aromatic heterocycles. The van der Waals surface area contributed by atoms with Gasteiger partial charge in [-0.3, -0.25) is 4.90 Å². The molecule has 123 valence electrons. The summed E-state index contributed by atoms with van der Waals surface area (Å²) in [6.07, 6.45) is 6.23. The van der Waals surface area contributed by atoms with Gasteiger partial charge < -0.3 is 5.32 Å². The summed E-state index contributed by atoms with van der Waals surface area (Å²) in [4.78, 5) is 11.8. The van der Waals surface area contributed by atoms with Crippen molar-refractivity contribution in [2.75, 3.05) is 13.1 Å². The maximum absolute atomic E-state index is 12.5. The Hall–Kier alpha value is -1.14. The van der Waals surface area contributed by atoms with E-state index in [0.29, 0.717) is 6.04 Å². The molecule has 2 aliphatic heterocycles. The third kappa shape index (κ3) is 2.63. The minimum Gasteiger partial charge on any atom is -0.354 e. The third-order valence-electron chi connectivity index (χ3n) is 4.94. The Morgan fingerprint density at radius 1 is 1.18 bits per heavy atom. The summed E-state index contributed by atoms with van der Waals surface area (Å²) in [6.45, 7) is 9.33. The number of hydrogen-bond donors (Lipinski definition) is 1. The largest absolute Gasteiger partial charge is 0.354 e. The van der Waals surface area contributed by atoms with Crippen molar-refractivity contribution in [2.45, 2.75) is 77.0 Å². The highest BCUT2D eigenvalue weighted by atomic mass is 16.5. The number of rotatable bonds is 1. The van der Waals surface area contributed by atoms with Gasteiger partial charge in [-0.2, -0.15) is 0 Å². The highest BCUT2D eigenvalue weighted by molar-refractivity contribution is 6.06. The molecule has 6 heteroatoms. The van der Waals surface area contributed by atoms with Gasteiger partial charge in [0.1, 0.15) is 17.0 Å². The van der Waals surface area contributed by atoms with Crippen molar-refractivity contribution in [3.63, 3.8) is 0 Å². The second-order valence-corrected chi connectivity index (χ2v) is 7.61. The van der Waals surface area contributed by atoms with Gasteiger partial charge in [-0.15, -0.1) is 10.3 Å². The Kier molecular flexibility index (Phi) is 3.93. The van der Waals surface area contributed by atoms with Crippen LogP contribution in [-0.2, 0) is 5.21 Å². The Bertz CT molecular complexity index is 491. The summed E-state index contributed by atoms with van der Waals surface area (Å²) in [5.41, 5.74) is -1.33. The molecule has 0 aromatic rings. The van der Waals surface area contributed by atoms with Crippen LogP contribution in [-0.4, -0.2) is 52.1 Å². The SMILES string of the molecule is CC1(C)N=C(N2CCNC2=NC2CCCCC2)C(C)(C)N1[O]. The van der Waals surface area contributed by atoms with E-state index in [1.807, 2.05) is 27.7 Å². The van der Waals surface area contributed by atoms with Gasteiger partial charge in [0.05, 0.1) is 6.04 Å². The lowest BCUT2D eigenvalue weighted by Crippen LogP contribution is -2.54.